The van der Waals surface area contributed by atoms with Gasteiger partial charge in [0.05, 0.1) is 38.6 Å². The third-order valence-corrected chi connectivity index (χ3v) is 6.12. The van der Waals surface area contributed by atoms with Crippen LogP contribution in [0.25, 0.3) is 0 Å². The topological polar surface area (TPSA) is 67.2 Å². The Hall–Kier alpha value is -2.13. The van der Waals surface area contributed by atoms with E-state index in [4.69, 9.17) is 21.1 Å². The molecule has 9 heteroatoms. The maximum atomic E-state index is 6.13. The molecule has 0 saturated carbocycles. The van der Waals surface area contributed by atoms with Gasteiger partial charge < -0.3 is 19.7 Å². The minimum Gasteiger partial charge on any atom is -0.379 e. The van der Waals surface area contributed by atoms with E-state index in [1.54, 1.807) is 0 Å². The van der Waals surface area contributed by atoms with Crippen molar-refractivity contribution >= 4 is 17.6 Å². The van der Waals surface area contributed by atoms with Crippen molar-refractivity contribution in [2.75, 3.05) is 59.6 Å². The van der Waals surface area contributed by atoms with E-state index in [0.29, 0.717) is 6.61 Å². The van der Waals surface area contributed by atoms with Crippen LogP contribution in [0, 0.1) is 0 Å². The molecule has 3 heterocycles. The summed E-state index contributed by atoms with van der Waals surface area (Å²) in [7, 11) is 3.76. The van der Waals surface area contributed by atoms with Crippen LogP contribution in [0.3, 0.4) is 0 Å². The van der Waals surface area contributed by atoms with Crippen molar-refractivity contribution in [1.29, 1.82) is 0 Å². The molecule has 168 valence electrons. The van der Waals surface area contributed by atoms with Crippen molar-refractivity contribution in [2.24, 2.45) is 12.0 Å². The molecule has 8 nitrogen and oxygen atoms in total. The minimum atomic E-state index is -0.00712. The number of nitrogens with one attached hydrogen (secondary N) is 1. The molecule has 2 aliphatic heterocycles. The van der Waals surface area contributed by atoms with Gasteiger partial charge in [-0.15, -0.1) is 0 Å². The number of hydrogen-bond donors (Lipinski definition) is 1. The summed E-state index contributed by atoms with van der Waals surface area (Å²) in [6, 6.07) is 8.35. The van der Waals surface area contributed by atoms with Crippen LogP contribution in [0.4, 0.5) is 0 Å². The zero-order chi connectivity index (χ0) is 21.6. The summed E-state index contributed by atoms with van der Waals surface area (Å²) in [6.07, 6.45) is 3.88. The number of aromatic nitrogens is 2. The van der Waals surface area contributed by atoms with Crippen molar-refractivity contribution in [3.8, 4) is 0 Å². The molecule has 0 radical (unpaired) electrons. The second-order valence-corrected chi connectivity index (χ2v) is 8.33. The smallest absolute Gasteiger partial charge is 0.193 e. The first-order valence-electron chi connectivity index (χ1n) is 10.8. The number of ether oxygens (including phenoxy) is 2. The number of halogens is 1. The molecule has 2 fully saturated rings. The number of aliphatic imine (C=N–C) groups is 1. The maximum Gasteiger partial charge on any atom is 0.193 e. The number of aryl methyl sites for hydroxylation is 1. The predicted molar refractivity (Wildman–Crippen MR) is 121 cm³/mol. The molecule has 1 aromatic heterocycles. The lowest BCUT2D eigenvalue weighted by Crippen LogP contribution is -2.50. The Morgan fingerprint density at radius 3 is 2.68 bits per heavy atom. The fourth-order valence-electron chi connectivity index (χ4n) is 4.20. The van der Waals surface area contributed by atoms with E-state index in [9.17, 15) is 0 Å². The van der Waals surface area contributed by atoms with Crippen LogP contribution in [-0.2, 0) is 16.5 Å². The highest BCUT2D eigenvalue weighted by Crippen LogP contribution is 2.24. The van der Waals surface area contributed by atoms with Gasteiger partial charge in [-0.25, -0.2) is 0 Å². The summed E-state index contributed by atoms with van der Waals surface area (Å²) in [5.41, 5.74) is 2.33. The Kier molecular flexibility index (Phi) is 7.45. The van der Waals surface area contributed by atoms with Crippen LogP contribution in [0.1, 0.15) is 23.3 Å². The van der Waals surface area contributed by atoms with Gasteiger partial charge in [-0.05, 0) is 17.7 Å². The van der Waals surface area contributed by atoms with E-state index < -0.39 is 0 Å². The number of morpholine rings is 2. The molecule has 1 N–H and O–H groups in total. The highest BCUT2D eigenvalue weighted by molar-refractivity contribution is 6.30. The number of nitrogens with zero attached hydrogens (tertiary/aromatic N) is 5. The number of guanidine groups is 1. The minimum absolute atomic E-state index is 0.00712. The lowest BCUT2D eigenvalue weighted by molar-refractivity contribution is -0.00853. The Labute approximate surface area is 188 Å². The first kappa shape index (κ1) is 22.1. The standard InChI is InChI=1S/C22H31ClN6O2/c1-24-22(29-9-12-31-21(16-29)18-13-26-27(2)15-18)25-14-20(28-7-10-30-11-8-28)17-3-5-19(23)6-4-17/h3-6,13,15,20-21H,7-12,14,16H2,1-2H3,(H,24,25). The second-order valence-electron chi connectivity index (χ2n) is 7.90. The van der Waals surface area contributed by atoms with Crippen LogP contribution in [0.5, 0.6) is 0 Å². The predicted octanol–water partition coefficient (Wildman–Crippen LogP) is 2.10. The summed E-state index contributed by atoms with van der Waals surface area (Å²) in [6.45, 7) is 6.30. The van der Waals surface area contributed by atoms with Gasteiger partial charge in [0.15, 0.2) is 5.96 Å². The fourth-order valence-corrected chi connectivity index (χ4v) is 4.33. The van der Waals surface area contributed by atoms with Gasteiger partial charge in [0.2, 0.25) is 0 Å². The van der Waals surface area contributed by atoms with Gasteiger partial charge >= 0.3 is 0 Å². The zero-order valence-corrected chi connectivity index (χ0v) is 19.0. The molecule has 31 heavy (non-hydrogen) atoms. The van der Waals surface area contributed by atoms with Crippen LogP contribution in [0.2, 0.25) is 5.02 Å². The monoisotopic (exact) mass is 446 g/mol. The molecule has 0 bridgehead atoms. The normalized spacial score (nSPS) is 21.8. The van der Waals surface area contributed by atoms with E-state index >= 15 is 0 Å². The molecule has 2 aromatic rings. The van der Waals surface area contributed by atoms with Crippen molar-refractivity contribution in [3.05, 3.63) is 52.8 Å². The van der Waals surface area contributed by atoms with Gasteiger partial charge in [0, 0.05) is 57.1 Å². The van der Waals surface area contributed by atoms with E-state index in [1.165, 1.54) is 5.56 Å². The van der Waals surface area contributed by atoms with Crippen molar-refractivity contribution in [1.82, 2.24) is 24.9 Å². The molecular formula is C22H31ClN6O2. The van der Waals surface area contributed by atoms with E-state index in [2.05, 4.69) is 37.3 Å². The molecule has 4 rings (SSSR count). The van der Waals surface area contributed by atoms with Gasteiger partial charge in [-0.1, -0.05) is 23.7 Å². The van der Waals surface area contributed by atoms with Gasteiger partial charge in [0.25, 0.3) is 0 Å². The number of hydrogen-bond acceptors (Lipinski definition) is 5. The molecule has 2 unspecified atom stereocenters. The molecular weight excluding hydrogens is 416 g/mol. The van der Waals surface area contributed by atoms with Crippen LogP contribution in [0.15, 0.2) is 41.7 Å². The van der Waals surface area contributed by atoms with Crippen molar-refractivity contribution < 1.29 is 9.47 Å². The Morgan fingerprint density at radius 1 is 1.23 bits per heavy atom. The summed E-state index contributed by atoms with van der Waals surface area (Å²) in [5, 5.41) is 8.64. The maximum absolute atomic E-state index is 6.13. The third-order valence-electron chi connectivity index (χ3n) is 5.87. The lowest BCUT2D eigenvalue weighted by Gasteiger charge is -2.38. The molecule has 0 aliphatic carbocycles. The Bertz CT molecular complexity index is 865. The van der Waals surface area contributed by atoms with Gasteiger partial charge in [-0.3, -0.25) is 14.6 Å². The highest BCUT2D eigenvalue weighted by Gasteiger charge is 2.27. The fraction of sp³-hybridized carbons (Fsp3) is 0.545. The Balaban J connectivity index is 1.44. The molecule has 1 aromatic carbocycles. The molecule has 2 saturated heterocycles. The molecule has 2 atom stereocenters. The second kappa shape index (κ2) is 10.5. The first-order valence-corrected chi connectivity index (χ1v) is 11.1. The molecule has 0 spiro atoms. The summed E-state index contributed by atoms with van der Waals surface area (Å²) in [5.74, 6) is 0.893. The first-order chi connectivity index (χ1) is 15.1. The van der Waals surface area contributed by atoms with Gasteiger partial charge in [-0.2, -0.15) is 5.10 Å². The third kappa shape index (κ3) is 5.57. The quantitative estimate of drug-likeness (QED) is 0.560. The van der Waals surface area contributed by atoms with Crippen LogP contribution < -0.4 is 5.32 Å². The van der Waals surface area contributed by atoms with Crippen LogP contribution >= 0.6 is 11.6 Å². The summed E-state index contributed by atoms with van der Waals surface area (Å²) < 4.78 is 13.4. The number of benzene rings is 1. The van der Waals surface area contributed by atoms with E-state index in [0.717, 1.165) is 62.5 Å². The van der Waals surface area contributed by atoms with Crippen molar-refractivity contribution in [3.63, 3.8) is 0 Å². The highest BCUT2D eigenvalue weighted by atomic mass is 35.5. The van der Waals surface area contributed by atoms with Crippen molar-refractivity contribution in [2.45, 2.75) is 12.1 Å². The van der Waals surface area contributed by atoms with E-state index in [1.807, 2.05) is 43.3 Å². The largest absolute Gasteiger partial charge is 0.379 e. The zero-order valence-electron chi connectivity index (χ0n) is 18.2. The average Bonchev–Trinajstić information content (AvgIpc) is 3.25. The SMILES string of the molecule is CN=C(NCC(c1ccc(Cl)cc1)N1CCOCC1)N1CCOC(c2cnn(C)c2)C1. The molecule has 2 aliphatic rings. The summed E-state index contributed by atoms with van der Waals surface area (Å²) in [4.78, 5) is 9.29. The van der Waals surface area contributed by atoms with Gasteiger partial charge in [0.1, 0.15) is 6.10 Å². The molecule has 0 amide bonds. The Morgan fingerprint density at radius 2 is 2.00 bits per heavy atom. The van der Waals surface area contributed by atoms with E-state index in [-0.39, 0.29) is 12.1 Å². The van der Waals surface area contributed by atoms with Crippen LogP contribution in [-0.4, -0.2) is 85.1 Å². The number of rotatable bonds is 5. The summed E-state index contributed by atoms with van der Waals surface area (Å²) >= 11 is 6.13. The lowest BCUT2D eigenvalue weighted by atomic mass is 10.0. The average molecular weight is 447 g/mol.